The molecule has 1 aliphatic rings. The van der Waals surface area contributed by atoms with Crippen molar-refractivity contribution in [3.05, 3.63) is 0 Å². The molecule has 0 radical (unpaired) electrons. The summed E-state index contributed by atoms with van der Waals surface area (Å²) in [5.41, 5.74) is -0.562. The first-order chi connectivity index (χ1) is 6.62. The lowest BCUT2D eigenvalue weighted by Gasteiger charge is -2.35. The molecule has 1 rings (SSSR count). The molecule has 0 bridgehead atoms. The average Bonchev–Trinajstić information content (AvgIpc) is 2.22. The van der Waals surface area contributed by atoms with Crippen molar-refractivity contribution in [2.75, 3.05) is 25.9 Å². The molecule has 0 amide bonds. The third-order valence-electron chi connectivity index (χ3n) is 2.63. The van der Waals surface area contributed by atoms with Crippen molar-refractivity contribution >= 4 is 11.0 Å². The van der Waals surface area contributed by atoms with Gasteiger partial charge in [0, 0.05) is 18.8 Å². The molecule has 1 N–H and O–H groups in total. The summed E-state index contributed by atoms with van der Waals surface area (Å²) in [6, 6.07) is 2.27. The van der Waals surface area contributed by atoms with E-state index < -0.39 is 16.5 Å². The fraction of sp³-hybridized carbons (Fsp3) is 0.889. The summed E-state index contributed by atoms with van der Waals surface area (Å²) >= 11 is 0. The number of rotatable bonds is 3. The molecule has 14 heavy (non-hydrogen) atoms. The summed E-state index contributed by atoms with van der Waals surface area (Å²) in [6.45, 7) is 3.63. The number of nitrogens with zero attached hydrogens (tertiary/aromatic N) is 2. The van der Waals surface area contributed by atoms with Crippen LogP contribution in [0.3, 0.4) is 0 Å². The Morgan fingerprint density at radius 2 is 2.14 bits per heavy atom. The van der Waals surface area contributed by atoms with E-state index >= 15 is 0 Å². The van der Waals surface area contributed by atoms with E-state index in [1.165, 1.54) is 0 Å². The van der Waals surface area contributed by atoms with E-state index in [2.05, 4.69) is 15.7 Å². The first kappa shape index (κ1) is 11.6. The van der Waals surface area contributed by atoms with Gasteiger partial charge in [0.2, 0.25) is 0 Å². The molecule has 1 atom stereocenters. The molecule has 1 aliphatic heterocycles. The van der Waals surface area contributed by atoms with Gasteiger partial charge >= 0.3 is 0 Å². The van der Waals surface area contributed by atoms with Crippen molar-refractivity contribution < 1.29 is 4.21 Å². The Kier molecular flexibility index (Phi) is 4.05. The van der Waals surface area contributed by atoms with Gasteiger partial charge in [-0.25, -0.2) is 8.93 Å². The third kappa shape index (κ3) is 2.77. The molecule has 80 valence electrons. The maximum absolute atomic E-state index is 11.4. The van der Waals surface area contributed by atoms with Crippen LogP contribution in [-0.4, -0.2) is 40.5 Å². The number of hydrogen-bond acceptors (Lipinski definition) is 3. The molecule has 1 fully saturated rings. The minimum absolute atomic E-state index is 0.555. The van der Waals surface area contributed by atoms with Gasteiger partial charge in [0.1, 0.15) is 5.54 Å². The molecule has 0 aromatic heterocycles. The second kappa shape index (κ2) is 4.87. The predicted molar refractivity (Wildman–Crippen MR) is 56.9 cm³/mol. The van der Waals surface area contributed by atoms with E-state index in [9.17, 15) is 4.21 Å². The maximum Gasteiger partial charge on any atom is 0.120 e. The Hall–Kier alpha value is -0.440. The topological polar surface area (TPSA) is 56.1 Å². The third-order valence-corrected chi connectivity index (χ3v) is 3.77. The lowest BCUT2D eigenvalue weighted by atomic mass is 9.91. The Morgan fingerprint density at radius 1 is 1.57 bits per heavy atom. The zero-order valence-corrected chi connectivity index (χ0v) is 9.56. The Balaban J connectivity index is 2.60. The molecule has 0 spiro atoms. The van der Waals surface area contributed by atoms with Crippen LogP contribution in [-0.2, 0) is 11.0 Å². The van der Waals surface area contributed by atoms with Crippen LogP contribution in [0.2, 0.25) is 0 Å². The minimum atomic E-state index is -1.07. The smallest absolute Gasteiger partial charge is 0.120 e. The monoisotopic (exact) mass is 215 g/mol. The first-order valence-electron chi connectivity index (χ1n) is 4.88. The second-order valence-electron chi connectivity index (χ2n) is 3.73. The molecule has 0 aromatic rings. The van der Waals surface area contributed by atoms with E-state index in [-0.39, 0.29) is 0 Å². The summed E-state index contributed by atoms with van der Waals surface area (Å²) in [5.74, 6) is 0.555. The summed E-state index contributed by atoms with van der Waals surface area (Å²) in [4.78, 5) is 2.19. The lowest BCUT2D eigenvalue weighted by molar-refractivity contribution is 0.214. The van der Waals surface area contributed by atoms with Crippen molar-refractivity contribution in [3.8, 4) is 6.07 Å². The highest BCUT2D eigenvalue weighted by Gasteiger charge is 2.34. The highest BCUT2D eigenvalue weighted by Crippen LogP contribution is 2.20. The van der Waals surface area contributed by atoms with Gasteiger partial charge in [-0.3, -0.25) is 0 Å². The van der Waals surface area contributed by atoms with Crippen LogP contribution >= 0.6 is 0 Å². The Morgan fingerprint density at radius 3 is 2.57 bits per heavy atom. The zero-order valence-electron chi connectivity index (χ0n) is 8.75. The van der Waals surface area contributed by atoms with E-state index in [1.807, 2.05) is 14.0 Å². The van der Waals surface area contributed by atoms with Gasteiger partial charge in [0.15, 0.2) is 0 Å². The van der Waals surface area contributed by atoms with Crippen LogP contribution < -0.4 is 4.72 Å². The van der Waals surface area contributed by atoms with Crippen LogP contribution in [0.25, 0.3) is 0 Å². The van der Waals surface area contributed by atoms with Crippen LogP contribution in [0.1, 0.15) is 19.8 Å². The lowest BCUT2D eigenvalue weighted by Crippen LogP contribution is -2.52. The van der Waals surface area contributed by atoms with Crippen LogP contribution in [0.4, 0.5) is 0 Å². The summed E-state index contributed by atoms with van der Waals surface area (Å²) in [5, 5.41) is 9.11. The average molecular weight is 215 g/mol. The standard InChI is InChI=1S/C9H17N3OS/c1-3-14(13)11-9(8-10)4-6-12(2)7-5-9/h11H,3-7H2,1-2H3. The van der Waals surface area contributed by atoms with Gasteiger partial charge in [0.05, 0.1) is 17.1 Å². The quantitative estimate of drug-likeness (QED) is 0.734. The van der Waals surface area contributed by atoms with E-state index in [4.69, 9.17) is 5.26 Å². The molecule has 0 aromatic carbocycles. The predicted octanol–water partition coefficient (Wildman–Crippen LogP) is 0.248. The van der Waals surface area contributed by atoms with Gasteiger partial charge in [0.25, 0.3) is 0 Å². The minimum Gasteiger partial charge on any atom is -0.306 e. The largest absolute Gasteiger partial charge is 0.306 e. The van der Waals surface area contributed by atoms with Gasteiger partial charge in [-0.05, 0) is 19.9 Å². The Labute approximate surface area is 87.9 Å². The van der Waals surface area contributed by atoms with Gasteiger partial charge < -0.3 is 4.90 Å². The van der Waals surface area contributed by atoms with Gasteiger partial charge in [-0.1, -0.05) is 6.92 Å². The molecule has 0 aliphatic carbocycles. The van der Waals surface area contributed by atoms with Crippen molar-refractivity contribution in [2.45, 2.75) is 25.3 Å². The van der Waals surface area contributed by atoms with Crippen molar-refractivity contribution in [1.29, 1.82) is 5.26 Å². The molecular formula is C9H17N3OS. The number of hydrogen-bond donors (Lipinski definition) is 1. The Bertz CT molecular complexity index is 253. The van der Waals surface area contributed by atoms with Gasteiger partial charge in [-0.2, -0.15) is 5.26 Å². The van der Waals surface area contributed by atoms with Crippen molar-refractivity contribution in [3.63, 3.8) is 0 Å². The van der Waals surface area contributed by atoms with E-state index in [0.29, 0.717) is 5.75 Å². The summed E-state index contributed by atoms with van der Waals surface area (Å²) in [7, 11) is 0.974. The second-order valence-corrected chi connectivity index (χ2v) is 5.21. The fourth-order valence-electron chi connectivity index (χ4n) is 1.53. The molecular weight excluding hydrogens is 198 g/mol. The SMILES string of the molecule is CCS(=O)NC1(C#N)CCN(C)CC1. The highest BCUT2D eigenvalue weighted by molar-refractivity contribution is 7.83. The number of nitriles is 1. The highest BCUT2D eigenvalue weighted by atomic mass is 32.2. The number of piperidine rings is 1. The number of likely N-dealkylation sites (tertiary alicyclic amines) is 1. The molecule has 0 saturated carbocycles. The van der Waals surface area contributed by atoms with Crippen LogP contribution in [0, 0.1) is 11.3 Å². The van der Waals surface area contributed by atoms with Gasteiger partial charge in [-0.15, -0.1) is 0 Å². The summed E-state index contributed by atoms with van der Waals surface area (Å²) in [6.07, 6.45) is 1.51. The van der Waals surface area contributed by atoms with E-state index in [0.717, 1.165) is 25.9 Å². The first-order valence-corrected chi connectivity index (χ1v) is 6.20. The maximum atomic E-state index is 11.4. The summed E-state index contributed by atoms with van der Waals surface area (Å²) < 4.78 is 14.3. The van der Waals surface area contributed by atoms with Crippen molar-refractivity contribution in [1.82, 2.24) is 9.62 Å². The van der Waals surface area contributed by atoms with Crippen LogP contribution in [0.15, 0.2) is 0 Å². The molecule has 5 heteroatoms. The van der Waals surface area contributed by atoms with E-state index in [1.54, 1.807) is 0 Å². The fourth-order valence-corrected chi connectivity index (χ4v) is 2.36. The number of nitrogens with one attached hydrogen (secondary N) is 1. The molecule has 1 saturated heterocycles. The molecule has 1 heterocycles. The van der Waals surface area contributed by atoms with Crippen molar-refractivity contribution in [2.24, 2.45) is 0 Å². The zero-order chi connectivity index (χ0) is 10.6. The molecule has 4 nitrogen and oxygen atoms in total. The normalized spacial score (nSPS) is 24.1. The molecule has 1 unspecified atom stereocenters. The van der Waals surface area contributed by atoms with Crippen LogP contribution in [0.5, 0.6) is 0 Å².